The van der Waals surface area contributed by atoms with Gasteiger partial charge < -0.3 is 15.1 Å². The fourth-order valence-electron chi connectivity index (χ4n) is 0.862. The highest BCUT2D eigenvalue weighted by atomic mass is 16.3. The van der Waals surface area contributed by atoms with E-state index in [4.69, 9.17) is 16.8 Å². The minimum absolute atomic E-state index is 0.166. The number of aromatic nitrogens is 1. The van der Waals surface area contributed by atoms with E-state index < -0.39 is 0 Å². The average Bonchev–Trinajstić information content (AvgIpc) is 2.16. The second-order valence-corrected chi connectivity index (χ2v) is 2.20. The first kappa shape index (κ1) is 8.65. The van der Waals surface area contributed by atoms with E-state index in [0.29, 0.717) is 11.3 Å². The van der Waals surface area contributed by atoms with Gasteiger partial charge in [0, 0.05) is 5.56 Å². The molecule has 62 valence electrons. The van der Waals surface area contributed by atoms with Crippen LogP contribution in [0.25, 0.3) is 4.85 Å². The zero-order chi connectivity index (χ0) is 8.97. The minimum Gasteiger partial charge on any atom is -0.392 e. The topological polar surface area (TPSA) is 57.7 Å². The van der Waals surface area contributed by atoms with Crippen LogP contribution >= 0.6 is 0 Å². The summed E-state index contributed by atoms with van der Waals surface area (Å²) in [5, 5.41) is 17.6. The lowest BCUT2D eigenvalue weighted by Gasteiger charge is -1.98. The van der Waals surface area contributed by atoms with E-state index in [0.717, 1.165) is 0 Å². The Kier molecular flexibility index (Phi) is 2.75. The number of nitrogens with zero attached hydrogens (tertiary/aromatic N) is 2. The Morgan fingerprint density at radius 3 is 2.58 bits per heavy atom. The molecular formula is C8H8N2O2. The van der Waals surface area contributed by atoms with Crippen molar-refractivity contribution in [2.45, 2.75) is 13.2 Å². The molecule has 0 radical (unpaired) electrons. The first-order valence-electron chi connectivity index (χ1n) is 3.39. The van der Waals surface area contributed by atoms with Crippen molar-refractivity contribution in [3.63, 3.8) is 0 Å². The van der Waals surface area contributed by atoms with Gasteiger partial charge in [-0.15, -0.1) is 4.98 Å². The van der Waals surface area contributed by atoms with E-state index in [1.807, 2.05) is 0 Å². The summed E-state index contributed by atoms with van der Waals surface area (Å²) in [6.07, 6.45) is 0. The summed E-state index contributed by atoms with van der Waals surface area (Å²) in [7, 11) is 0. The molecule has 4 nitrogen and oxygen atoms in total. The average molecular weight is 164 g/mol. The quantitative estimate of drug-likeness (QED) is 0.630. The zero-order valence-corrected chi connectivity index (χ0v) is 6.36. The van der Waals surface area contributed by atoms with Crippen LogP contribution in [0.5, 0.6) is 0 Å². The van der Waals surface area contributed by atoms with E-state index in [-0.39, 0.29) is 19.0 Å². The van der Waals surface area contributed by atoms with Crippen LogP contribution in [0.2, 0.25) is 0 Å². The second-order valence-electron chi connectivity index (χ2n) is 2.20. The highest BCUT2D eigenvalue weighted by Gasteiger charge is 2.06. The van der Waals surface area contributed by atoms with Gasteiger partial charge >= 0.3 is 0 Å². The van der Waals surface area contributed by atoms with E-state index in [1.54, 1.807) is 6.07 Å². The van der Waals surface area contributed by atoms with E-state index in [1.165, 1.54) is 6.07 Å². The molecule has 0 aliphatic rings. The molecule has 0 saturated heterocycles. The lowest BCUT2D eigenvalue weighted by Crippen LogP contribution is -1.96. The van der Waals surface area contributed by atoms with E-state index >= 15 is 0 Å². The number of hydrogen-bond donors (Lipinski definition) is 2. The molecule has 0 atom stereocenters. The van der Waals surface area contributed by atoms with Crippen molar-refractivity contribution in [2.24, 2.45) is 0 Å². The molecular weight excluding hydrogens is 156 g/mol. The van der Waals surface area contributed by atoms with Crippen molar-refractivity contribution in [2.75, 3.05) is 0 Å². The van der Waals surface area contributed by atoms with Crippen LogP contribution in [0.4, 0.5) is 5.82 Å². The Morgan fingerprint density at radius 1 is 1.33 bits per heavy atom. The van der Waals surface area contributed by atoms with Crippen LogP contribution in [0, 0.1) is 6.57 Å². The third-order valence-electron chi connectivity index (χ3n) is 1.49. The standard InChI is InChI=1S/C8H8N2O2/c1-9-8-3-2-6(4-11)7(5-12)10-8/h2-3,11-12H,4-5H2. The van der Waals surface area contributed by atoms with Gasteiger partial charge in [-0.2, -0.15) is 0 Å². The molecule has 1 aromatic heterocycles. The summed E-state index contributed by atoms with van der Waals surface area (Å²) in [6.45, 7) is 6.25. The molecule has 2 N–H and O–H groups in total. The third-order valence-corrected chi connectivity index (χ3v) is 1.49. The number of aliphatic hydroxyl groups excluding tert-OH is 2. The van der Waals surface area contributed by atoms with Crippen LogP contribution in [0.1, 0.15) is 11.3 Å². The molecule has 1 aromatic rings. The second kappa shape index (κ2) is 3.81. The molecule has 0 spiro atoms. The summed E-state index contributed by atoms with van der Waals surface area (Å²) in [4.78, 5) is 6.92. The Labute approximate surface area is 69.9 Å². The summed E-state index contributed by atoms with van der Waals surface area (Å²) < 4.78 is 0. The van der Waals surface area contributed by atoms with Gasteiger partial charge in [-0.05, 0) is 6.07 Å². The number of rotatable bonds is 2. The molecule has 0 fully saturated rings. The van der Waals surface area contributed by atoms with Gasteiger partial charge in [-0.1, -0.05) is 12.6 Å². The number of aliphatic hydroxyl groups is 2. The Bertz CT molecular complexity index is 317. The lowest BCUT2D eigenvalue weighted by molar-refractivity contribution is 0.256. The van der Waals surface area contributed by atoms with E-state index in [2.05, 4.69) is 9.83 Å². The molecule has 0 aliphatic carbocycles. The van der Waals surface area contributed by atoms with Crippen molar-refractivity contribution < 1.29 is 10.2 Å². The fourth-order valence-corrected chi connectivity index (χ4v) is 0.862. The van der Waals surface area contributed by atoms with Crippen LogP contribution in [-0.2, 0) is 13.2 Å². The van der Waals surface area contributed by atoms with Crippen LogP contribution in [0.3, 0.4) is 0 Å². The fraction of sp³-hybridized carbons (Fsp3) is 0.250. The van der Waals surface area contributed by atoms with Crippen molar-refractivity contribution in [3.8, 4) is 0 Å². The Hall–Kier alpha value is -1.44. The van der Waals surface area contributed by atoms with Gasteiger partial charge in [-0.25, -0.2) is 0 Å². The predicted molar refractivity (Wildman–Crippen MR) is 42.3 cm³/mol. The molecule has 12 heavy (non-hydrogen) atoms. The molecule has 1 heterocycles. The predicted octanol–water partition coefficient (Wildman–Crippen LogP) is 0.617. The van der Waals surface area contributed by atoms with Gasteiger partial charge in [0.2, 0.25) is 0 Å². The molecule has 0 saturated carbocycles. The zero-order valence-electron chi connectivity index (χ0n) is 6.36. The maximum Gasteiger partial charge on any atom is 0.269 e. The van der Waals surface area contributed by atoms with Crippen LogP contribution in [0.15, 0.2) is 12.1 Å². The first-order valence-corrected chi connectivity index (χ1v) is 3.39. The number of hydrogen-bond acceptors (Lipinski definition) is 3. The third kappa shape index (κ3) is 1.59. The van der Waals surface area contributed by atoms with Crippen molar-refractivity contribution in [1.29, 1.82) is 0 Å². The SMILES string of the molecule is [C-]#[N+]c1ccc(CO)c(CO)n1. The van der Waals surface area contributed by atoms with Gasteiger partial charge in [0.05, 0.1) is 6.61 Å². The smallest absolute Gasteiger partial charge is 0.269 e. The summed E-state index contributed by atoms with van der Waals surface area (Å²) in [5.41, 5.74) is 0.927. The Morgan fingerprint density at radius 2 is 2.08 bits per heavy atom. The minimum atomic E-state index is -0.251. The first-order chi connectivity index (χ1) is 5.81. The van der Waals surface area contributed by atoms with Crippen LogP contribution < -0.4 is 0 Å². The highest BCUT2D eigenvalue weighted by Crippen LogP contribution is 2.13. The van der Waals surface area contributed by atoms with Gasteiger partial charge in [-0.3, -0.25) is 0 Å². The molecule has 0 unspecified atom stereocenters. The summed E-state index contributed by atoms with van der Waals surface area (Å²) in [6, 6.07) is 3.10. The van der Waals surface area contributed by atoms with Crippen molar-refractivity contribution in [3.05, 3.63) is 34.8 Å². The Balaban J connectivity index is 3.13. The maximum atomic E-state index is 8.79. The van der Waals surface area contributed by atoms with Gasteiger partial charge in [0.1, 0.15) is 6.61 Å². The van der Waals surface area contributed by atoms with Gasteiger partial charge in [0.25, 0.3) is 5.82 Å². The molecule has 4 heteroatoms. The van der Waals surface area contributed by atoms with Crippen molar-refractivity contribution >= 4 is 5.82 Å². The molecule has 0 aliphatic heterocycles. The van der Waals surface area contributed by atoms with Gasteiger partial charge in [0.15, 0.2) is 5.69 Å². The monoisotopic (exact) mass is 164 g/mol. The molecule has 0 aromatic carbocycles. The van der Waals surface area contributed by atoms with Crippen molar-refractivity contribution in [1.82, 2.24) is 4.98 Å². The highest BCUT2D eigenvalue weighted by molar-refractivity contribution is 5.39. The molecule has 0 amide bonds. The largest absolute Gasteiger partial charge is 0.392 e. The lowest BCUT2D eigenvalue weighted by atomic mass is 10.2. The molecule has 0 bridgehead atoms. The molecule has 1 rings (SSSR count). The van der Waals surface area contributed by atoms with Crippen LogP contribution in [-0.4, -0.2) is 15.2 Å². The normalized spacial score (nSPS) is 9.42. The van der Waals surface area contributed by atoms with E-state index in [9.17, 15) is 0 Å². The number of pyridine rings is 1. The summed E-state index contributed by atoms with van der Waals surface area (Å²) in [5.74, 6) is 0.233. The maximum absolute atomic E-state index is 8.79. The summed E-state index contributed by atoms with van der Waals surface area (Å²) >= 11 is 0.